The Morgan fingerprint density at radius 3 is 0.500 bits per heavy atom. The van der Waals surface area contributed by atoms with Crippen LogP contribution in [0, 0.1) is 59.2 Å². The fourth-order valence-corrected chi connectivity index (χ4v) is 2.81. The molecule has 0 heterocycles. The Labute approximate surface area is 243 Å². The first-order chi connectivity index (χ1) is 14.9. The minimum absolute atomic E-state index is 1.12. The van der Waals surface area contributed by atoms with E-state index in [1.807, 2.05) is 34.6 Å². The summed E-state index contributed by atoms with van der Waals surface area (Å²) < 4.78 is 0. The molecule has 0 N–H and O–H groups in total. The van der Waals surface area contributed by atoms with E-state index in [9.17, 15) is 0 Å². The number of halogens is 2. The van der Waals surface area contributed by atoms with Crippen LogP contribution in [0.25, 0.3) is 0 Å². The van der Waals surface area contributed by atoms with Crippen molar-refractivity contribution >= 4 is 44.6 Å². The molecule has 10 radical (unpaired) electrons. The molecule has 192 valence electrons. The summed E-state index contributed by atoms with van der Waals surface area (Å²) in [6.07, 6.45) is 2.47. The molecule has 6 heteroatoms. The summed E-state index contributed by atoms with van der Waals surface area (Å²) in [5.74, 6) is 16.9. The van der Waals surface area contributed by atoms with Crippen molar-refractivity contribution in [3.63, 3.8) is 0 Å². The van der Waals surface area contributed by atoms with Gasteiger partial charge in [-0.25, -0.2) is 0 Å². The number of hydrogen-bond donors (Lipinski definition) is 0. The second-order valence-electron chi connectivity index (χ2n) is 7.75. The normalized spacial score (nSPS) is 20.1. The molecule has 0 bridgehead atoms. The molecule has 0 nitrogen and oxygen atoms in total. The SMILES string of the molecule is CCC[SH2+].CCC[SH2+].C[C]1[C](C)[C](C)[C](C)[C]1C.C[C]1[C](C)[C](C)[C](C)[C]1C.[Cl][Ru].[Cl][Ru]. The van der Waals surface area contributed by atoms with Gasteiger partial charge < -0.3 is 0 Å². The molecule has 0 spiro atoms. The summed E-state index contributed by atoms with van der Waals surface area (Å²) in [4.78, 5) is 0. The van der Waals surface area contributed by atoms with Crippen LogP contribution in [-0.2, 0) is 59.9 Å². The van der Waals surface area contributed by atoms with Gasteiger partial charge in [0.15, 0.2) is 0 Å². The predicted octanol–water partition coefficient (Wildman–Crippen LogP) is 8.13. The number of hydrogen-bond acceptors (Lipinski definition) is 0. The van der Waals surface area contributed by atoms with E-state index in [4.69, 9.17) is 0 Å². The van der Waals surface area contributed by atoms with Crippen LogP contribution < -0.4 is 0 Å². The van der Waals surface area contributed by atoms with E-state index in [-0.39, 0.29) is 0 Å². The van der Waals surface area contributed by atoms with Crippen LogP contribution in [0.2, 0.25) is 0 Å². The van der Waals surface area contributed by atoms with Crippen LogP contribution in [0.5, 0.6) is 0 Å². The van der Waals surface area contributed by atoms with Gasteiger partial charge in [-0.3, -0.25) is 0 Å². The van der Waals surface area contributed by atoms with Gasteiger partial charge in [0.2, 0.25) is 0 Å². The number of rotatable bonds is 2. The van der Waals surface area contributed by atoms with Crippen molar-refractivity contribution < 1.29 is 34.6 Å². The van der Waals surface area contributed by atoms with Crippen LogP contribution in [0.3, 0.4) is 0 Å². The zero-order valence-corrected chi connectivity index (χ0v) is 29.3. The van der Waals surface area contributed by atoms with E-state index in [1.165, 1.54) is 72.0 Å². The van der Waals surface area contributed by atoms with E-state index in [0.717, 1.165) is 11.5 Å². The summed E-state index contributed by atoms with van der Waals surface area (Å²) in [6.45, 7) is 26.3. The van der Waals surface area contributed by atoms with E-state index in [1.54, 1.807) is 0 Å². The van der Waals surface area contributed by atoms with Crippen LogP contribution in [-0.4, -0.2) is 11.5 Å². The molecule has 2 rings (SSSR count). The third-order valence-electron chi connectivity index (χ3n) is 6.12. The van der Waals surface area contributed by atoms with Gasteiger partial charge in [-0.1, -0.05) is 83.1 Å². The zero-order chi connectivity index (χ0) is 26.6. The maximum atomic E-state index is 4.57. The first kappa shape index (κ1) is 41.6. The monoisotopic (exact) mass is 698 g/mol. The standard InChI is InChI=1S/2C10H15.2C3H8S.2ClH.2Ru/c2*1-6-7(2)9(4)10(5)8(6)3;2*1-2-3-4;;;;/h2*1-5H3;2*4H,2-3H2,1H3;2*1H;;/q;;;;;;2*+1. The van der Waals surface area contributed by atoms with Gasteiger partial charge in [0.25, 0.3) is 0 Å². The van der Waals surface area contributed by atoms with Gasteiger partial charge in [-0.15, -0.1) is 0 Å². The van der Waals surface area contributed by atoms with E-state index < -0.39 is 0 Å². The Kier molecular flexibility index (Phi) is 34.6. The maximum absolute atomic E-state index is 4.57. The first-order valence-electron chi connectivity index (χ1n) is 10.9. The molecule has 2 aliphatic carbocycles. The van der Waals surface area contributed by atoms with Crippen LogP contribution in [0.15, 0.2) is 0 Å². The van der Waals surface area contributed by atoms with Gasteiger partial charge in [0.1, 0.15) is 11.5 Å². The third kappa shape index (κ3) is 16.3. The molecular formula is C26H48Cl2Ru2S2+2. The molecule has 32 heavy (non-hydrogen) atoms. The predicted molar refractivity (Wildman–Crippen MR) is 152 cm³/mol. The summed E-state index contributed by atoms with van der Waals surface area (Å²) in [5.41, 5.74) is 0. The van der Waals surface area contributed by atoms with Gasteiger partial charge in [-0.2, -0.15) is 0 Å². The second-order valence-corrected chi connectivity index (χ2v) is 8.75. The van der Waals surface area contributed by atoms with Crippen LogP contribution >= 0.6 is 19.4 Å². The molecule has 0 aromatic rings. The fourth-order valence-electron chi connectivity index (χ4n) is 2.81. The van der Waals surface area contributed by atoms with Crippen molar-refractivity contribution in [2.24, 2.45) is 0 Å². The van der Waals surface area contributed by atoms with Crippen LogP contribution in [0.4, 0.5) is 0 Å². The molecule has 2 fully saturated rings. The van der Waals surface area contributed by atoms with Crippen molar-refractivity contribution in [2.45, 2.75) is 95.9 Å². The van der Waals surface area contributed by atoms with Gasteiger partial charge in [0, 0.05) is 0 Å². The molecule has 2 aliphatic rings. The summed E-state index contributed by atoms with van der Waals surface area (Å²) >= 11 is 10.2. The average Bonchev–Trinajstić information content (AvgIpc) is 3.12. The fraction of sp³-hybridized carbons (Fsp3) is 0.615. The average molecular weight is 698 g/mol. The summed E-state index contributed by atoms with van der Waals surface area (Å²) in [6, 6.07) is 0. The molecule has 2 saturated carbocycles. The van der Waals surface area contributed by atoms with Crippen molar-refractivity contribution in [3.8, 4) is 0 Å². The quantitative estimate of drug-likeness (QED) is 0.202. The molecule has 0 atom stereocenters. The van der Waals surface area contributed by atoms with E-state index in [0.29, 0.717) is 0 Å². The summed E-state index contributed by atoms with van der Waals surface area (Å²) in [5, 5.41) is 0. The molecule has 0 unspecified atom stereocenters. The molecule has 0 amide bonds. The molecule has 0 aromatic carbocycles. The zero-order valence-electron chi connectivity index (χ0n) is 22.3. The van der Waals surface area contributed by atoms with Crippen molar-refractivity contribution in [1.82, 2.24) is 0 Å². The first-order valence-corrected chi connectivity index (χ1v) is 16.8. The third-order valence-corrected chi connectivity index (χ3v) is 7.12. The molecule has 0 aromatic heterocycles. The Hall–Kier alpha value is 2.53. The Balaban J connectivity index is -0.000000167. The second kappa shape index (κ2) is 26.6. The molecular weight excluding hydrogens is 649 g/mol. The Morgan fingerprint density at radius 2 is 0.469 bits per heavy atom. The van der Waals surface area contributed by atoms with Crippen molar-refractivity contribution in [3.05, 3.63) is 59.2 Å². The van der Waals surface area contributed by atoms with Crippen LogP contribution in [0.1, 0.15) is 95.9 Å². The van der Waals surface area contributed by atoms with E-state index >= 15 is 0 Å². The van der Waals surface area contributed by atoms with Gasteiger partial charge in [0.05, 0.1) is 0 Å². The van der Waals surface area contributed by atoms with E-state index in [2.05, 4.69) is 128 Å². The van der Waals surface area contributed by atoms with Gasteiger partial charge in [-0.05, 0) is 97.3 Å². The topological polar surface area (TPSA) is 0 Å². The minimum atomic E-state index is 1.12. The Morgan fingerprint density at radius 1 is 0.406 bits per heavy atom. The molecule has 0 aliphatic heterocycles. The Bertz CT molecular complexity index is 250. The summed E-state index contributed by atoms with van der Waals surface area (Å²) in [7, 11) is 9.14. The molecule has 0 saturated heterocycles. The van der Waals surface area contributed by atoms with Crippen molar-refractivity contribution in [1.29, 1.82) is 0 Å². The van der Waals surface area contributed by atoms with Crippen molar-refractivity contribution in [2.75, 3.05) is 11.5 Å². The van der Waals surface area contributed by atoms with Gasteiger partial charge >= 0.3 is 54.0 Å².